The van der Waals surface area contributed by atoms with Gasteiger partial charge in [0.25, 0.3) is 0 Å². The highest BCUT2D eigenvalue weighted by atomic mass is 16.4. The van der Waals surface area contributed by atoms with Gasteiger partial charge in [0.05, 0.1) is 0 Å². The third-order valence-electron chi connectivity index (χ3n) is 1.41. The van der Waals surface area contributed by atoms with Crippen molar-refractivity contribution in [2.75, 3.05) is 0 Å². The fraction of sp³-hybridized carbons (Fsp3) is 0.636. The monoisotopic (exact) mass is 215 g/mol. The maximum Gasteiger partial charge on any atom is 0.310 e. The number of Topliss-reactive ketones (excluding diaryl/α,β-unsaturated/α-hetero) is 1. The molecular formula is C11H19O4-. The van der Waals surface area contributed by atoms with Crippen LogP contribution in [-0.2, 0) is 9.59 Å². The minimum atomic E-state index is -1.03. The molecule has 0 aromatic carbocycles. The molecule has 88 valence electrons. The molecular weight excluding hydrogens is 196 g/mol. The molecule has 4 heteroatoms. The largest absolute Gasteiger partial charge is 0.876 e. The van der Waals surface area contributed by atoms with E-state index >= 15 is 0 Å². The molecule has 0 aliphatic carbocycles. The minimum absolute atomic E-state index is 0.0394. The maximum atomic E-state index is 10.5. The van der Waals surface area contributed by atoms with E-state index in [9.17, 15) is 14.7 Å². The first-order valence-electron chi connectivity index (χ1n) is 5.02. The average molecular weight is 215 g/mol. The second-order valence-corrected chi connectivity index (χ2v) is 3.15. The van der Waals surface area contributed by atoms with Gasteiger partial charge in [0.1, 0.15) is 12.2 Å². The Morgan fingerprint density at radius 3 is 1.87 bits per heavy atom. The molecule has 0 amide bonds. The normalized spacial score (nSPS) is 8.67. The lowest BCUT2D eigenvalue weighted by atomic mass is 10.2. The Labute approximate surface area is 90.6 Å². The topological polar surface area (TPSA) is 77.4 Å². The average Bonchev–Trinajstić information content (AvgIpc) is 2.03. The second kappa shape index (κ2) is 10.8. The van der Waals surface area contributed by atoms with Gasteiger partial charge in [-0.2, -0.15) is 0 Å². The van der Waals surface area contributed by atoms with Gasteiger partial charge in [0.2, 0.25) is 0 Å². The van der Waals surface area contributed by atoms with Crippen LogP contribution in [0.1, 0.15) is 46.0 Å². The van der Waals surface area contributed by atoms with E-state index < -0.39 is 5.97 Å². The van der Waals surface area contributed by atoms with Crippen molar-refractivity contribution in [2.24, 2.45) is 0 Å². The van der Waals surface area contributed by atoms with Gasteiger partial charge in [-0.05, 0) is 12.8 Å². The van der Waals surface area contributed by atoms with Crippen LogP contribution in [0.15, 0.2) is 12.3 Å². The molecule has 0 atom stereocenters. The number of hydrogen-bond acceptors (Lipinski definition) is 3. The van der Waals surface area contributed by atoms with Crippen molar-refractivity contribution in [3.63, 3.8) is 0 Å². The predicted octanol–water partition coefficient (Wildman–Crippen LogP) is 1.49. The summed E-state index contributed by atoms with van der Waals surface area (Å²) in [7, 11) is 0. The van der Waals surface area contributed by atoms with Crippen LogP contribution < -0.4 is 5.11 Å². The zero-order valence-corrected chi connectivity index (χ0v) is 9.41. The summed E-state index contributed by atoms with van der Waals surface area (Å²) < 4.78 is 0. The highest BCUT2D eigenvalue weighted by Crippen LogP contribution is 1.92. The molecule has 0 saturated carbocycles. The van der Waals surface area contributed by atoms with E-state index in [0.717, 1.165) is 12.8 Å². The lowest BCUT2D eigenvalue weighted by Gasteiger charge is -2.03. The van der Waals surface area contributed by atoms with Gasteiger partial charge in [-0.25, -0.2) is 0 Å². The molecule has 0 aromatic rings. The molecule has 4 nitrogen and oxygen atoms in total. The van der Waals surface area contributed by atoms with Gasteiger partial charge in [0, 0.05) is 6.42 Å². The Bertz CT molecular complexity index is 209. The zero-order valence-electron chi connectivity index (χ0n) is 9.41. The molecule has 0 aromatic heterocycles. The lowest BCUT2D eigenvalue weighted by Crippen LogP contribution is -2.05. The Hall–Kier alpha value is -1.32. The van der Waals surface area contributed by atoms with Gasteiger partial charge >= 0.3 is 5.97 Å². The fourth-order valence-electron chi connectivity index (χ4n) is 0.815. The molecule has 0 aliphatic heterocycles. The third kappa shape index (κ3) is 19.2. The predicted molar refractivity (Wildman–Crippen MR) is 56.2 cm³/mol. The van der Waals surface area contributed by atoms with E-state index in [4.69, 9.17) is 5.11 Å². The van der Waals surface area contributed by atoms with Gasteiger partial charge in [-0.15, -0.1) is 12.3 Å². The Kier molecular flexibility index (Phi) is 11.6. The number of aliphatic carboxylic acids is 1. The summed E-state index contributed by atoms with van der Waals surface area (Å²) in [5, 5.41) is 18.0. The number of carbonyl (C=O) groups is 2. The molecule has 0 unspecified atom stereocenters. The van der Waals surface area contributed by atoms with Gasteiger partial charge in [0.15, 0.2) is 0 Å². The number of carboxylic acids is 1. The molecule has 0 radical (unpaired) electrons. The van der Waals surface area contributed by atoms with E-state index in [1.807, 2.05) is 13.8 Å². The van der Waals surface area contributed by atoms with Crippen LogP contribution >= 0.6 is 0 Å². The second-order valence-electron chi connectivity index (χ2n) is 3.15. The number of allylic oxidation sites excluding steroid dienone is 1. The number of hydrogen-bond donors (Lipinski definition) is 1. The number of ketones is 1. The Morgan fingerprint density at radius 2 is 1.67 bits per heavy atom. The standard InChI is InChI=1S/C6H10O3.C5H10O/c1-2-3-5(7)4-6(8)9;1-3-4-5(2)6/h2-4H2,1H3,(H,8,9);6H,2-4H2,1H3/p-1. The summed E-state index contributed by atoms with van der Waals surface area (Å²) in [6.07, 6.45) is 2.33. The summed E-state index contributed by atoms with van der Waals surface area (Å²) >= 11 is 0. The molecule has 15 heavy (non-hydrogen) atoms. The number of rotatable bonds is 6. The van der Waals surface area contributed by atoms with E-state index in [-0.39, 0.29) is 18.0 Å². The van der Waals surface area contributed by atoms with E-state index in [0.29, 0.717) is 12.8 Å². The van der Waals surface area contributed by atoms with Crippen LogP contribution in [0.2, 0.25) is 0 Å². The van der Waals surface area contributed by atoms with E-state index in [2.05, 4.69) is 6.58 Å². The Morgan fingerprint density at radius 1 is 1.20 bits per heavy atom. The van der Waals surface area contributed by atoms with Crippen LogP contribution in [0.25, 0.3) is 0 Å². The molecule has 0 saturated heterocycles. The third-order valence-corrected chi connectivity index (χ3v) is 1.41. The zero-order chi connectivity index (χ0) is 12.3. The molecule has 1 N–H and O–H groups in total. The maximum absolute atomic E-state index is 10.5. The summed E-state index contributed by atoms with van der Waals surface area (Å²) in [6.45, 7) is 7.00. The van der Waals surface area contributed by atoms with Crippen LogP contribution in [0.3, 0.4) is 0 Å². The van der Waals surface area contributed by atoms with Crippen molar-refractivity contribution < 1.29 is 19.8 Å². The molecule has 0 spiro atoms. The van der Waals surface area contributed by atoms with Crippen molar-refractivity contribution in [3.8, 4) is 0 Å². The van der Waals surface area contributed by atoms with Crippen molar-refractivity contribution in [3.05, 3.63) is 12.3 Å². The number of carbonyl (C=O) groups excluding carboxylic acids is 1. The lowest BCUT2D eigenvalue weighted by molar-refractivity contribution is -0.305. The van der Waals surface area contributed by atoms with E-state index in [1.165, 1.54) is 0 Å². The summed E-state index contributed by atoms with van der Waals surface area (Å²) in [6, 6.07) is 0. The summed E-state index contributed by atoms with van der Waals surface area (Å²) in [5.41, 5.74) is 0. The number of carboxylic acid groups (broad SMARTS) is 1. The van der Waals surface area contributed by atoms with Crippen molar-refractivity contribution in [2.45, 2.75) is 46.0 Å². The van der Waals surface area contributed by atoms with Crippen LogP contribution in [0.5, 0.6) is 0 Å². The van der Waals surface area contributed by atoms with Gasteiger partial charge in [-0.1, -0.05) is 20.3 Å². The first-order chi connectivity index (χ1) is 6.93. The van der Waals surface area contributed by atoms with Crippen molar-refractivity contribution in [1.29, 1.82) is 0 Å². The first kappa shape index (κ1) is 16.1. The van der Waals surface area contributed by atoms with Crippen LogP contribution in [0.4, 0.5) is 0 Å². The highest BCUT2D eigenvalue weighted by Gasteiger charge is 2.04. The Balaban J connectivity index is 0. The molecule has 0 heterocycles. The minimum Gasteiger partial charge on any atom is -0.876 e. The van der Waals surface area contributed by atoms with Gasteiger partial charge < -0.3 is 10.2 Å². The van der Waals surface area contributed by atoms with Gasteiger partial charge in [-0.3, -0.25) is 9.59 Å². The fourth-order valence-corrected chi connectivity index (χ4v) is 0.815. The molecule has 0 bridgehead atoms. The van der Waals surface area contributed by atoms with E-state index in [1.54, 1.807) is 0 Å². The smallest absolute Gasteiger partial charge is 0.310 e. The van der Waals surface area contributed by atoms with Crippen molar-refractivity contribution >= 4 is 11.8 Å². The summed E-state index contributed by atoms with van der Waals surface area (Å²) in [4.78, 5) is 20.3. The summed E-state index contributed by atoms with van der Waals surface area (Å²) in [5.74, 6) is -1.18. The van der Waals surface area contributed by atoms with Crippen LogP contribution in [-0.4, -0.2) is 16.9 Å². The molecule has 0 aliphatic rings. The highest BCUT2D eigenvalue weighted by molar-refractivity contribution is 5.94. The first-order valence-corrected chi connectivity index (χ1v) is 5.02. The quantitative estimate of drug-likeness (QED) is 0.538. The molecule has 0 fully saturated rings. The SMILES string of the molecule is C=C([O-])CCC.CCCC(=O)CC(=O)O. The molecule has 0 rings (SSSR count). The van der Waals surface area contributed by atoms with Crippen molar-refractivity contribution in [1.82, 2.24) is 0 Å². The van der Waals surface area contributed by atoms with Crippen LogP contribution in [0, 0.1) is 0 Å².